The lowest BCUT2D eigenvalue weighted by molar-refractivity contribution is -0.140. The van der Waals surface area contributed by atoms with Crippen LogP contribution >= 0.6 is 0 Å². The molecular weight excluding hydrogens is 309 g/mol. The van der Waals surface area contributed by atoms with Gasteiger partial charge in [0, 0.05) is 0 Å². The van der Waals surface area contributed by atoms with Gasteiger partial charge in [-0.15, -0.1) is 0 Å². The number of nitrogens with one attached hydrogen (secondary N) is 2. The molecule has 1 aromatic carbocycles. The molecule has 7 heteroatoms. The van der Waals surface area contributed by atoms with Crippen LogP contribution in [0.4, 0.5) is 13.2 Å². The molecule has 1 aliphatic carbocycles. The molecule has 0 aromatic heterocycles. The Hall–Kier alpha value is -2.05. The van der Waals surface area contributed by atoms with Crippen molar-refractivity contribution in [3.8, 4) is 0 Å². The number of benzene rings is 1. The molecule has 2 N–H and O–H groups in total. The van der Waals surface area contributed by atoms with Crippen molar-refractivity contribution >= 4 is 11.8 Å². The fraction of sp³-hybridized carbons (Fsp3) is 0.500. The topological polar surface area (TPSA) is 58.2 Å². The van der Waals surface area contributed by atoms with Crippen molar-refractivity contribution in [3.05, 3.63) is 35.4 Å². The van der Waals surface area contributed by atoms with Crippen molar-refractivity contribution in [1.29, 1.82) is 0 Å². The fourth-order valence-corrected chi connectivity index (χ4v) is 2.81. The minimum atomic E-state index is -4.48. The third-order valence-electron chi connectivity index (χ3n) is 3.93. The lowest BCUT2D eigenvalue weighted by atomic mass is 9.81. The van der Waals surface area contributed by atoms with Gasteiger partial charge in [0.15, 0.2) is 0 Å². The van der Waals surface area contributed by atoms with Gasteiger partial charge in [0.1, 0.15) is 13.0 Å². The number of amides is 2. The number of carbonyl (C=O) groups excluding carboxylic acids is 2. The van der Waals surface area contributed by atoms with E-state index in [0.717, 1.165) is 24.0 Å². The summed E-state index contributed by atoms with van der Waals surface area (Å²) in [6.07, 6.45) is -3.44. The van der Waals surface area contributed by atoms with E-state index < -0.39 is 31.0 Å². The van der Waals surface area contributed by atoms with Crippen LogP contribution in [0.15, 0.2) is 24.3 Å². The molecule has 0 spiro atoms. The standard InChI is InChI=1S/C16H19F3N2O2/c1-10-6-7-13(12-5-3-2-4-11(10)12)21-15(23)8-14(22)20-9-16(17,18)19/h2-5,10,13H,6-9H2,1H3,(H,20,22)(H,21,23)/t10-,13+/m1/s1. The zero-order chi connectivity index (χ0) is 17.0. The van der Waals surface area contributed by atoms with Gasteiger partial charge in [-0.25, -0.2) is 0 Å². The Kier molecular flexibility index (Phi) is 5.28. The van der Waals surface area contributed by atoms with E-state index in [1.807, 2.05) is 24.3 Å². The number of alkyl halides is 3. The smallest absolute Gasteiger partial charge is 0.349 e. The third kappa shape index (κ3) is 4.97. The average Bonchev–Trinajstić information content (AvgIpc) is 2.48. The van der Waals surface area contributed by atoms with Crippen LogP contribution in [-0.4, -0.2) is 24.5 Å². The van der Waals surface area contributed by atoms with Crippen LogP contribution in [0.25, 0.3) is 0 Å². The van der Waals surface area contributed by atoms with E-state index in [1.54, 1.807) is 5.32 Å². The Bertz CT molecular complexity index is 587. The van der Waals surface area contributed by atoms with Crippen molar-refractivity contribution in [1.82, 2.24) is 10.6 Å². The molecule has 1 aromatic rings. The van der Waals surface area contributed by atoms with Gasteiger partial charge in [-0.2, -0.15) is 13.2 Å². The summed E-state index contributed by atoms with van der Waals surface area (Å²) >= 11 is 0. The minimum absolute atomic E-state index is 0.203. The van der Waals surface area contributed by atoms with Crippen LogP contribution in [0, 0.1) is 0 Å². The Balaban J connectivity index is 1.91. The number of fused-ring (bicyclic) bond motifs is 1. The maximum absolute atomic E-state index is 12.0. The molecule has 2 atom stereocenters. The number of rotatable bonds is 4. The molecule has 0 fully saturated rings. The Morgan fingerprint density at radius 1 is 1.13 bits per heavy atom. The second-order valence-corrected chi connectivity index (χ2v) is 5.80. The molecule has 0 saturated carbocycles. The van der Waals surface area contributed by atoms with Crippen LogP contribution in [0.1, 0.15) is 49.3 Å². The van der Waals surface area contributed by atoms with Crippen LogP contribution in [0.2, 0.25) is 0 Å². The van der Waals surface area contributed by atoms with Crippen LogP contribution in [0.3, 0.4) is 0 Å². The molecule has 0 saturated heterocycles. The lowest BCUT2D eigenvalue weighted by Crippen LogP contribution is -2.38. The zero-order valence-corrected chi connectivity index (χ0v) is 12.7. The molecule has 1 aliphatic rings. The SMILES string of the molecule is C[C@@H]1CC[C@H](NC(=O)CC(=O)NCC(F)(F)F)c2ccccc21. The second-order valence-electron chi connectivity index (χ2n) is 5.80. The minimum Gasteiger partial charge on any atom is -0.349 e. The molecule has 0 heterocycles. The van der Waals surface area contributed by atoms with Gasteiger partial charge in [-0.3, -0.25) is 9.59 Å². The normalized spacial score (nSPS) is 20.5. The number of carbonyl (C=O) groups is 2. The molecule has 2 rings (SSSR count). The summed E-state index contributed by atoms with van der Waals surface area (Å²) in [5.74, 6) is -1.11. The van der Waals surface area contributed by atoms with E-state index in [0.29, 0.717) is 5.92 Å². The van der Waals surface area contributed by atoms with Gasteiger partial charge >= 0.3 is 6.18 Å². The van der Waals surface area contributed by atoms with E-state index in [4.69, 9.17) is 0 Å². The molecule has 0 bridgehead atoms. The maximum atomic E-state index is 12.0. The summed E-state index contributed by atoms with van der Waals surface area (Å²) in [4.78, 5) is 23.3. The summed E-state index contributed by atoms with van der Waals surface area (Å²) in [5.41, 5.74) is 2.17. The quantitative estimate of drug-likeness (QED) is 0.835. The molecular formula is C16H19F3N2O2. The van der Waals surface area contributed by atoms with E-state index in [9.17, 15) is 22.8 Å². The first-order chi connectivity index (χ1) is 10.8. The van der Waals surface area contributed by atoms with Crippen molar-refractivity contribution < 1.29 is 22.8 Å². The molecule has 0 aliphatic heterocycles. The van der Waals surface area contributed by atoms with Crippen LogP contribution < -0.4 is 10.6 Å². The number of hydrogen-bond donors (Lipinski definition) is 2. The summed E-state index contributed by atoms with van der Waals surface area (Å²) in [6, 6.07) is 7.55. The van der Waals surface area contributed by atoms with Gasteiger partial charge in [-0.05, 0) is 29.9 Å². The summed E-state index contributed by atoms with van der Waals surface area (Å²) in [7, 11) is 0. The summed E-state index contributed by atoms with van der Waals surface area (Å²) < 4.78 is 36.0. The predicted molar refractivity (Wildman–Crippen MR) is 78.7 cm³/mol. The van der Waals surface area contributed by atoms with Crippen LogP contribution in [-0.2, 0) is 9.59 Å². The molecule has 0 radical (unpaired) electrons. The first-order valence-corrected chi connectivity index (χ1v) is 7.48. The fourth-order valence-electron chi connectivity index (χ4n) is 2.81. The molecule has 126 valence electrons. The van der Waals surface area contributed by atoms with Crippen molar-refractivity contribution in [3.63, 3.8) is 0 Å². The van der Waals surface area contributed by atoms with E-state index >= 15 is 0 Å². The monoisotopic (exact) mass is 328 g/mol. The highest BCUT2D eigenvalue weighted by molar-refractivity contribution is 5.97. The Labute approximate surface area is 132 Å². The molecule has 2 amide bonds. The summed E-state index contributed by atoms with van der Waals surface area (Å²) in [5, 5.41) is 4.43. The van der Waals surface area contributed by atoms with Crippen molar-refractivity contribution in [2.24, 2.45) is 0 Å². The highest BCUT2D eigenvalue weighted by atomic mass is 19.4. The largest absolute Gasteiger partial charge is 0.405 e. The van der Waals surface area contributed by atoms with Gasteiger partial charge in [-0.1, -0.05) is 31.2 Å². The van der Waals surface area contributed by atoms with Crippen molar-refractivity contribution in [2.45, 2.75) is 44.3 Å². The first kappa shape index (κ1) is 17.3. The van der Waals surface area contributed by atoms with E-state index in [1.165, 1.54) is 0 Å². The van der Waals surface area contributed by atoms with E-state index in [2.05, 4.69) is 12.2 Å². The summed E-state index contributed by atoms with van der Waals surface area (Å²) in [6.45, 7) is 0.685. The highest BCUT2D eigenvalue weighted by Crippen LogP contribution is 2.36. The number of halogens is 3. The number of hydrogen-bond acceptors (Lipinski definition) is 2. The third-order valence-corrected chi connectivity index (χ3v) is 3.93. The molecule has 23 heavy (non-hydrogen) atoms. The lowest BCUT2D eigenvalue weighted by Gasteiger charge is -2.30. The maximum Gasteiger partial charge on any atom is 0.405 e. The Morgan fingerprint density at radius 3 is 2.43 bits per heavy atom. The average molecular weight is 328 g/mol. The predicted octanol–water partition coefficient (Wildman–Crippen LogP) is 2.81. The molecule has 4 nitrogen and oxygen atoms in total. The molecule has 0 unspecified atom stereocenters. The van der Waals surface area contributed by atoms with E-state index in [-0.39, 0.29) is 6.04 Å². The Morgan fingerprint density at radius 2 is 1.78 bits per heavy atom. The zero-order valence-electron chi connectivity index (χ0n) is 12.7. The first-order valence-electron chi connectivity index (χ1n) is 7.48. The van der Waals surface area contributed by atoms with Gasteiger partial charge in [0.05, 0.1) is 6.04 Å². The second kappa shape index (κ2) is 7.02. The van der Waals surface area contributed by atoms with Gasteiger partial charge < -0.3 is 10.6 Å². The van der Waals surface area contributed by atoms with Gasteiger partial charge in [0.2, 0.25) is 11.8 Å². The van der Waals surface area contributed by atoms with Crippen LogP contribution in [0.5, 0.6) is 0 Å². The highest BCUT2D eigenvalue weighted by Gasteiger charge is 2.29. The van der Waals surface area contributed by atoms with Gasteiger partial charge in [0.25, 0.3) is 0 Å². The van der Waals surface area contributed by atoms with Crippen molar-refractivity contribution in [2.75, 3.05) is 6.54 Å².